The van der Waals surface area contributed by atoms with Gasteiger partial charge in [-0.2, -0.15) is 0 Å². The second kappa shape index (κ2) is 5.10. The molecule has 0 spiro atoms. The number of aliphatic carboxylic acids is 1. The van der Waals surface area contributed by atoms with Crippen molar-refractivity contribution in [3.8, 4) is 11.8 Å². The van der Waals surface area contributed by atoms with E-state index in [1.165, 1.54) is 0 Å². The third-order valence-electron chi connectivity index (χ3n) is 3.28. The Morgan fingerprint density at radius 1 is 1.10 bits per heavy atom. The Morgan fingerprint density at radius 2 is 1.90 bits per heavy atom. The van der Waals surface area contributed by atoms with Gasteiger partial charge in [0.05, 0.1) is 11.8 Å². The van der Waals surface area contributed by atoms with Gasteiger partial charge in [-0.1, -0.05) is 30.0 Å². The molecule has 0 amide bonds. The number of carbonyl (C=O) groups is 1. The van der Waals surface area contributed by atoms with Crippen molar-refractivity contribution in [2.45, 2.75) is 12.8 Å². The maximum absolute atomic E-state index is 11.4. The first-order valence-corrected chi connectivity index (χ1v) is 6.36. The molecule has 1 aliphatic carbocycles. The van der Waals surface area contributed by atoms with Gasteiger partial charge in [-0.25, -0.2) is 4.79 Å². The van der Waals surface area contributed by atoms with Crippen LogP contribution in [0.15, 0.2) is 52.7 Å². The molecule has 1 heterocycles. The minimum Gasteiger partial charge on any atom is -0.478 e. The van der Waals surface area contributed by atoms with Crippen LogP contribution in [0.5, 0.6) is 0 Å². The van der Waals surface area contributed by atoms with Crippen molar-refractivity contribution in [3.63, 3.8) is 0 Å². The zero-order valence-electron chi connectivity index (χ0n) is 10.7. The van der Waals surface area contributed by atoms with Crippen LogP contribution in [-0.2, 0) is 11.2 Å². The van der Waals surface area contributed by atoms with E-state index in [1.54, 1.807) is 12.3 Å². The first-order chi connectivity index (χ1) is 9.75. The fraction of sp³-hybridized carbons (Fsp3) is 0.118. The van der Waals surface area contributed by atoms with Gasteiger partial charge in [0.25, 0.3) is 0 Å². The van der Waals surface area contributed by atoms with Crippen molar-refractivity contribution < 1.29 is 14.3 Å². The highest BCUT2D eigenvalue weighted by atomic mass is 16.4. The van der Waals surface area contributed by atoms with Crippen LogP contribution in [0, 0.1) is 11.8 Å². The topological polar surface area (TPSA) is 50.4 Å². The lowest BCUT2D eigenvalue weighted by molar-refractivity contribution is -0.132. The van der Waals surface area contributed by atoms with Crippen molar-refractivity contribution >= 4 is 11.5 Å². The Morgan fingerprint density at radius 3 is 2.65 bits per heavy atom. The molecule has 0 saturated carbocycles. The average Bonchev–Trinajstić information content (AvgIpc) is 2.94. The zero-order chi connectivity index (χ0) is 13.9. The second-order valence-electron chi connectivity index (χ2n) is 4.53. The molecule has 0 saturated heterocycles. The first-order valence-electron chi connectivity index (χ1n) is 6.36. The number of hydrogen-bond donors (Lipinski definition) is 1. The van der Waals surface area contributed by atoms with Gasteiger partial charge in [0, 0.05) is 23.1 Å². The largest absolute Gasteiger partial charge is 0.478 e. The fourth-order valence-electron chi connectivity index (χ4n) is 2.30. The lowest BCUT2D eigenvalue weighted by Crippen LogP contribution is -2.10. The number of hydrogen-bond acceptors (Lipinski definition) is 2. The predicted octanol–water partition coefficient (Wildman–Crippen LogP) is 3.12. The molecule has 1 N–H and O–H groups in total. The molecular weight excluding hydrogens is 252 g/mol. The van der Waals surface area contributed by atoms with Crippen LogP contribution in [0.1, 0.15) is 23.3 Å². The summed E-state index contributed by atoms with van der Waals surface area (Å²) in [4.78, 5) is 11.4. The minimum atomic E-state index is -0.908. The molecule has 20 heavy (non-hydrogen) atoms. The number of furan rings is 1. The van der Waals surface area contributed by atoms with E-state index < -0.39 is 5.97 Å². The molecule has 3 rings (SSSR count). The van der Waals surface area contributed by atoms with E-state index in [-0.39, 0.29) is 0 Å². The third kappa shape index (κ3) is 2.24. The molecule has 0 unspecified atom stereocenters. The Labute approximate surface area is 116 Å². The maximum Gasteiger partial charge on any atom is 0.332 e. The van der Waals surface area contributed by atoms with E-state index >= 15 is 0 Å². The molecule has 0 aliphatic heterocycles. The summed E-state index contributed by atoms with van der Waals surface area (Å²) in [6.45, 7) is 0. The Balaban J connectivity index is 2.09. The lowest BCUT2D eigenvalue weighted by atomic mass is 9.90. The molecule has 0 atom stereocenters. The van der Waals surface area contributed by atoms with E-state index in [2.05, 4.69) is 11.8 Å². The van der Waals surface area contributed by atoms with E-state index in [4.69, 9.17) is 4.42 Å². The summed E-state index contributed by atoms with van der Waals surface area (Å²) in [6.07, 6.45) is 2.65. The number of benzene rings is 1. The molecule has 2 aromatic rings. The molecular formula is C17H12O3. The van der Waals surface area contributed by atoms with Crippen LogP contribution in [0.4, 0.5) is 0 Å². The number of fused-ring (bicyclic) bond motifs is 1. The molecule has 98 valence electrons. The molecule has 0 fully saturated rings. The smallest absolute Gasteiger partial charge is 0.332 e. The summed E-state index contributed by atoms with van der Waals surface area (Å²) in [6, 6.07) is 11.3. The maximum atomic E-state index is 11.4. The van der Waals surface area contributed by atoms with E-state index in [1.807, 2.05) is 30.3 Å². The molecule has 0 radical (unpaired) electrons. The Kier molecular flexibility index (Phi) is 3.14. The summed E-state index contributed by atoms with van der Waals surface area (Å²) in [5, 5.41) is 9.31. The highest BCUT2D eigenvalue weighted by molar-refractivity contribution is 6.02. The highest BCUT2D eigenvalue weighted by Crippen LogP contribution is 2.31. The van der Waals surface area contributed by atoms with Gasteiger partial charge in [0.2, 0.25) is 0 Å². The van der Waals surface area contributed by atoms with E-state index in [0.717, 1.165) is 16.9 Å². The van der Waals surface area contributed by atoms with Crippen molar-refractivity contribution in [1.82, 2.24) is 0 Å². The standard InChI is InChI=1S/C17H12O3/c18-17(19)15-8-9-16-14(10-11-20-16)13(15)7-6-12-4-2-1-3-5-12/h1-5,10-11H,8-9H2,(H,18,19). The number of rotatable bonds is 1. The summed E-state index contributed by atoms with van der Waals surface area (Å²) in [7, 11) is 0. The van der Waals surface area contributed by atoms with Gasteiger partial charge in [0.1, 0.15) is 5.76 Å². The predicted molar refractivity (Wildman–Crippen MR) is 74.9 cm³/mol. The Hall–Kier alpha value is -2.73. The van der Waals surface area contributed by atoms with Crippen LogP contribution in [0.2, 0.25) is 0 Å². The number of carboxylic acids is 1. The van der Waals surface area contributed by atoms with Gasteiger partial charge in [-0.3, -0.25) is 0 Å². The Bertz CT molecular complexity index is 739. The van der Waals surface area contributed by atoms with Crippen LogP contribution < -0.4 is 0 Å². The van der Waals surface area contributed by atoms with E-state index in [0.29, 0.717) is 24.0 Å². The quantitative estimate of drug-likeness (QED) is 0.805. The minimum absolute atomic E-state index is 0.363. The molecule has 3 heteroatoms. The van der Waals surface area contributed by atoms with Crippen LogP contribution in [-0.4, -0.2) is 11.1 Å². The van der Waals surface area contributed by atoms with Crippen molar-refractivity contribution in [1.29, 1.82) is 0 Å². The van der Waals surface area contributed by atoms with Gasteiger partial charge < -0.3 is 9.52 Å². The molecule has 0 bridgehead atoms. The number of aryl methyl sites for hydroxylation is 1. The normalized spacial score (nSPS) is 13.4. The zero-order valence-corrected chi connectivity index (χ0v) is 10.7. The second-order valence-corrected chi connectivity index (χ2v) is 4.53. The van der Waals surface area contributed by atoms with Gasteiger partial charge in [0.15, 0.2) is 0 Å². The molecule has 3 nitrogen and oxygen atoms in total. The van der Waals surface area contributed by atoms with Gasteiger partial charge >= 0.3 is 5.97 Å². The van der Waals surface area contributed by atoms with Crippen LogP contribution in [0.25, 0.3) is 5.57 Å². The van der Waals surface area contributed by atoms with Crippen molar-refractivity contribution in [2.75, 3.05) is 0 Å². The highest BCUT2D eigenvalue weighted by Gasteiger charge is 2.24. The SMILES string of the molecule is O=C(O)C1=C(C#Cc2ccccc2)c2ccoc2CC1. The third-order valence-corrected chi connectivity index (χ3v) is 3.28. The van der Waals surface area contributed by atoms with Gasteiger partial charge in [-0.05, 0) is 24.6 Å². The van der Waals surface area contributed by atoms with Crippen LogP contribution in [0.3, 0.4) is 0 Å². The summed E-state index contributed by atoms with van der Waals surface area (Å²) >= 11 is 0. The summed E-state index contributed by atoms with van der Waals surface area (Å²) < 4.78 is 5.37. The summed E-state index contributed by atoms with van der Waals surface area (Å²) in [5.74, 6) is 5.92. The number of allylic oxidation sites excluding steroid dienone is 1. The van der Waals surface area contributed by atoms with Crippen LogP contribution >= 0.6 is 0 Å². The molecule has 1 aliphatic rings. The monoisotopic (exact) mass is 264 g/mol. The summed E-state index contributed by atoms with van der Waals surface area (Å²) in [5.41, 5.74) is 2.59. The first kappa shape index (κ1) is 12.3. The fourth-order valence-corrected chi connectivity index (χ4v) is 2.30. The van der Waals surface area contributed by atoms with Gasteiger partial charge in [-0.15, -0.1) is 0 Å². The average molecular weight is 264 g/mol. The van der Waals surface area contributed by atoms with Crippen molar-refractivity contribution in [2.24, 2.45) is 0 Å². The number of carboxylic acid groups (broad SMARTS) is 1. The lowest BCUT2D eigenvalue weighted by Gasteiger charge is -2.13. The van der Waals surface area contributed by atoms with E-state index in [9.17, 15) is 9.90 Å². The molecule has 1 aromatic carbocycles. The van der Waals surface area contributed by atoms with Crippen molar-refractivity contribution in [3.05, 3.63) is 65.1 Å². The molecule has 1 aromatic heterocycles.